The normalized spacial score (nSPS) is 16.5. The predicted octanol–water partition coefficient (Wildman–Crippen LogP) is 7.02. The summed E-state index contributed by atoms with van der Waals surface area (Å²) in [6, 6.07) is 7.83. The van der Waals surface area contributed by atoms with E-state index in [0.29, 0.717) is 0 Å². The lowest BCUT2D eigenvalue weighted by Gasteiger charge is -2.38. The van der Waals surface area contributed by atoms with Gasteiger partial charge in [0.05, 0.1) is 7.11 Å². The molecule has 0 radical (unpaired) electrons. The predicted molar refractivity (Wildman–Crippen MR) is 144 cm³/mol. The summed E-state index contributed by atoms with van der Waals surface area (Å²) in [4.78, 5) is 23.6. The molecule has 1 unspecified atom stereocenters. The monoisotopic (exact) mass is 560 g/mol. The number of hydrogen-bond donors (Lipinski definition) is 1. The minimum atomic E-state index is -2.85. The third-order valence-corrected chi connectivity index (χ3v) is 6.68. The maximum atomic E-state index is 14.5. The van der Waals surface area contributed by atoms with Gasteiger partial charge in [-0.15, -0.1) is 6.58 Å². The van der Waals surface area contributed by atoms with Gasteiger partial charge in [0.25, 0.3) is 11.8 Å². The highest BCUT2D eigenvalue weighted by Crippen LogP contribution is 2.37. The summed E-state index contributed by atoms with van der Waals surface area (Å²) in [5.74, 6) is -5.92. The van der Waals surface area contributed by atoms with Crippen LogP contribution in [0.3, 0.4) is 0 Å². The zero-order valence-electron chi connectivity index (χ0n) is 21.0. The van der Waals surface area contributed by atoms with Crippen molar-refractivity contribution < 1.29 is 27.1 Å². The number of benzene rings is 2. The molecule has 3 aromatic rings. The molecule has 11 heteroatoms. The van der Waals surface area contributed by atoms with Crippen molar-refractivity contribution in [1.82, 2.24) is 9.97 Å². The Morgan fingerprint density at radius 3 is 2.56 bits per heavy atom. The lowest BCUT2D eigenvalue weighted by Crippen LogP contribution is -2.47. The Morgan fingerprint density at radius 1 is 1.21 bits per heavy atom. The molecule has 2 heterocycles. The van der Waals surface area contributed by atoms with Gasteiger partial charge in [0, 0.05) is 47.6 Å². The number of amides is 1. The van der Waals surface area contributed by atoms with Crippen LogP contribution in [-0.4, -0.2) is 42.0 Å². The van der Waals surface area contributed by atoms with Gasteiger partial charge in [-0.1, -0.05) is 30.3 Å². The highest BCUT2D eigenvalue weighted by atomic mass is 35.5. The van der Waals surface area contributed by atoms with Gasteiger partial charge in [-0.2, -0.15) is 9.97 Å². The second kappa shape index (κ2) is 11.4. The van der Waals surface area contributed by atoms with Crippen molar-refractivity contribution in [2.24, 2.45) is 5.92 Å². The molecule has 1 atom stereocenters. The Kier molecular flexibility index (Phi) is 8.25. The summed E-state index contributed by atoms with van der Waals surface area (Å²) in [5.41, 5.74) is 0.0393. The first kappa shape index (κ1) is 28.1. The molecule has 39 heavy (non-hydrogen) atoms. The number of anilines is 2. The highest BCUT2D eigenvalue weighted by molar-refractivity contribution is 6.31. The molecule has 0 saturated carbocycles. The molecule has 0 spiro atoms. The van der Waals surface area contributed by atoms with Crippen LogP contribution < -0.4 is 15.0 Å². The number of carbonyl (C=O) groups is 1. The standard InChI is InChI=1S/C28H25ClF4N4O2/c1-4-6-17-15-37(10-9-28(17,32)33)27-35-24(14-25(36-27)39-3)34-26(38)20-8-7-18(29)13-21(20)16-11-22(30)19(5-2)23(31)12-16/h4-5,7-8,11-14,17H,1-2,6,9-10,15H2,3H3,(H,34,35,36,38). The number of allylic oxidation sites excluding steroid dienone is 1. The number of rotatable bonds is 8. The minimum absolute atomic E-state index is 0.000359. The number of ether oxygens (including phenoxy) is 1. The SMILES string of the molecule is C=CCC1CN(c2nc(NC(=O)c3ccc(Cl)cc3-c3cc(F)c(C=C)c(F)c3)cc(OC)n2)CCC1(F)F. The molecule has 204 valence electrons. The lowest BCUT2D eigenvalue weighted by atomic mass is 9.91. The van der Waals surface area contributed by atoms with E-state index in [2.05, 4.69) is 28.4 Å². The second-order valence-electron chi connectivity index (χ2n) is 8.98. The summed E-state index contributed by atoms with van der Waals surface area (Å²) in [7, 11) is 1.37. The molecule has 1 aliphatic heterocycles. The van der Waals surface area contributed by atoms with Crippen LogP contribution in [0.2, 0.25) is 5.02 Å². The van der Waals surface area contributed by atoms with Crippen molar-refractivity contribution in [3.63, 3.8) is 0 Å². The van der Waals surface area contributed by atoms with E-state index in [9.17, 15) is 22.4 Å². The van der Waals surface area contributed by atoms with Gasteiger partial charge in [-0.25, -0.2) is 17.6 Å². The summed E-state index contributed by atoms with van der Waals surface area (Å²) in [5, 5.41) is 2.89. The Bertz CT molecular complexity index is 1410. The van der Waals surface area contributed by atoms with Crippen LogP contribution in [-0.2, 0) is 0 Å². The molecule has 4 rings (SSSR count). The Balaban J connectivity index is 1.66. The number of carbonyl (C=O) groups excluding carboxylic acids is 1. The van der Waals surface area contributed by atoms with Crippen LogP contribution in [0.15, 0.2) is 55.6 Å². The van der Waals surface area contributed by atoms with E-state index >= 15 is 0 Å². The van der Waals surface area contributed by atoms with E-state index in [1.165, 1.54) is 37.5 Å². The molecule has 2 aromatic carbocycles. The van der Waals surface area contributed by atoms with E-state index in [-0.39, 0.29) is 70.9 Å². The van der Waals surface area contributed by atoms with Crippen molar-refractivity contribution in [1.29, 1.82) is 0 Å². The van der Waals surface area contributed by atoms with Crippen LogP contribution in [0.25, 0.3) is 17.2 Å². The molecular weight excluding hydrogens is 536 g/mol. The molecule has 1 N–H and O–H groups in total. The van der Waals surface area contributed by atoms with Crippen LogP contribution in [0.4, 0.5) is 29.3 Å². The number of alkyl halides is 2. The highest BCUT2D eigenvalue weighted by Gasteiger charge is 2.43. The largest absolute Gasteiger partial charge is 0.481 e. The maximum Gasteiger partial charge on any atom is 0.257 e. The van der Waals surface area contributed by atoms with Crippen molar-refractivity contribution >= 4 is 35.4 Å². The van der Waals surface area contributed by atoms with Gasteiger partial charge in [0.15, 0.2) is 0 Å². The van der Waals surface area contributed by atoms with Gasteiger partial charge in [-0.05, 0) is 47.9 Å². The summed E-state index contributed by atoms with van der Waals surface area (Å²) in [6.07, 6.45) is 2.24. The zero-order valence-corrected chi connectivity index (χ0v) is 21.7. The molecule has 1 aromatic heterocycles. The van der Waals surface area contributed by atoms with E-state index < -0.39 is 29.4 Å². The lowest BCUT2D eigenvalue weighted by molar-refractivity contribution is -0.0710. The average molecular weight is 561 g/mol. The fraction of sp³-hybridized carbons (Fsp3) is 0.250. The first-order valence-electron chi connectivity index (χ1n) is 12.0. The number of hydrogen-bond acceptors (Lipinski definition) is 5. The number of halogens is 5. The molecule has 1 amide bonds. The van der Waals surface area contributed by atoms with Gasteiger partial charge >= 0.3 is 0 Å². The van der Waals surface area contributed by atoms with Crippen molar-refractivity contribution in [3.05, 3.63) is 83.4 Å². The van der Waals surface area contributed by atoms with Crippen LogP contribution in [0.1, 0.15) is 28.8 Å². The molecule has 1 aliphatic rings. The first-order valence-corrected chi connectivity index (χ1v) is 12.3. The second-order valence-corrected chi connectivity index (χ2v) is 9.41. The van der Waals surface area contributed by atoms with Crippen LogP contribution >= 0.6 is 11.6 Å². The number of nitrogens with zero attached hydrogens (tertiary/aromatic N) is 3. The molecule has 1 fully saturated rings. The summed E-state index contributed by atoms with van der Waals surface area (Å²) < 4.78 is 62.9. The number of nitrogens with one attached hydrogen (secondary N) is 1. The van der Waals surface area contributed by atoms with E-state index in [4.69, 9.17) is 16.3 Å². The number of aromatic nitrogens is 2. The van der Waals surface area contributed by atoms with Crippen molar-refractivity contribution in [2.45, 2.75) is 18.8 Å². The quantitative estimate of drug-likeness (QED) is 0.237. The minimum Gasteiger partial charge on any atom is -0.481 e. The fourth-order valence-electron chi connectivity index (χ4n) is 4.40. The van der Waals surface area contributed by atoms with E-state index in [0.717, 1.165) is 18.2 Å². The molecule has 0 aliphatic carbocycles. The topological polar surface area (TPSA) is 67.4 Å². The maximum absolute atomic E-state index is 14.5. The number of piperidine rings is 1. The van der Waals surface area contributed by atoms with E-state index in [1.807, 2.05) is 0 Å². The Morgan fingerprint density at radius 2 is 1.92 bits per heavy atom. The number of methoxy groups -OCH3 is 1. The summed E-state index contributed by atoms with van der Waals surface area (Å²) >= 11 is 6.13. The van der Waals surface area contributed by atoms with E-state index in [1.54, 1.807) is 4.90 Å². The van der Waals surface area contributed by atoms with Crippen molar-refractivity contribution in [3.8, 4) is 17.0 Å². The fourth-order valence-corrected chi connectivity index (χ4v) is 4.58. The van der Waals surface area contributed by atoms with Gasteiger partial charge in [0.1, 0.15) is 17.5 Å². The van der Waals surface area contributed by atoms with Gasteiger partial charge < -0.3 is 15.0 Å². The third kappa shape index (κ3) is 6.06. The zero-order chi connectivity index (χ0) is 28.3. The van der Waals surface area contributed by atoms with Crippen LogP contribution in [0.5, 0.6) is 5.88 Å². The Hall–Kier alpha value is -3.92. The average Bonchev–Trinajstić information content (AvgIpc) is 2.89. The molecule has 6 nitrogen and oxygen atoms in total. The third-order valence-electron chi connectivity index (χ3n) is 6.45. The molecule has 0 bridgehead atoms. The van der Waals surface area contributed by atoms with Gasteiger partial charge in [-0.3, -0.25) is 4.79 Å². The summed E-state index contributed by atoms with van der Waals surface area (Å²) in [6.45, 7) is 6.96. The van der Waals surface area contributed by atoms with Crippen molar-refractivity contribution in [2.75, 3.05) is 30.4 Å². The first-order chi connectivity index (χ1) is 18.6. The smallest absolute Gasteiger partial charge is 0.257 e. The molecular formula is C28H25ClF4N4O2. The Labute approximate surface area is 228 Å². The molecule has 1 saturated heterocycles. The van der Waals surface area contributed by atoms with Crippen LogP contribution in [0, 0.1) is 17.6 Å². The van der Waals surface area contributed by atoms with Gasteiger partial charge in [0.2, 0.25) is 11.8 Å².